The molecule has 0 saturated carbocycles. The summed E-state index contributed by atoms with van der Waals surface area (Å²) in [5.41, 5.74) is -0.407. The van der Waals surface area contributed by atoms with Gasteiger partial charge in [0.2, 0.25) is 0 Å². The predicted octanol–water partition coefficient (Wildman–Crippen LogP) is 0.0510. The Morgan fingerprint density at radius 1 is 1.69 bits per heavy atom. The second-order valence-corrected chi connectivity index (χ2v) is 4.13. The molecule has 0 fully saturated rings. The average molecular weight is 241 g/mol. The van der Waals surface area contributed by atoms with Gasteiger partial charge in [-0.25, -0.2) is 9.78 Å². The van der Waals surface area contributed by atoms with Crippen LogP contribution in [0.25, 0.3) is 0 Å². The van der Waals surface area contributed by atoms with Gasteiger partial charge in [-0.3, -0.25) is 4.79 Å². The largest absolute Gasteiger partial charge is 0.462 e. The number of esters is 1. The van der Waals surface area contributed by atoms with Crippen LogP contribution in [0.2, 0.25) is 0 Å². The third kappa shape index (κ3) is 1.67. The summed E-state index contributed by atoms with van der Waals surface area (Å²) in [6, 6.07) is 0. The van der Waals surface area contributed by atoms with Crippen LogP contribution in [0.4, 0.5) is 0 Å². The van der Waals surface area contributed by atoms with Crippen molar-refractivity contribution in [1.29, 1.82) is 0 Å². The van der Waals surface area contributed by atoms with Gasteiger partial charge >= 0.3 is 5.97 Å². The summed E-state index contributed by atoms with van der Waals surface area (Å²) >= 11 is 1.45. The molecule has 0 aromatic carbocycles. The smallest absolute Gasteiger partial charge is 0.345 e. The quantitative estimate of drug-likeness (QED) is 0.538. The topological polar surface area (TPSA) is 64.4 Å². The molecule has 0 aliphatic carbocycles. The molecular formula is C9H11N3O3S. The number of hydrogen-bond donors (Lipinski definition) is 0. The first-order valence-corrected chi connectivity index (χ1v) is 5.77. The van der Waals surface area contributed by atoms with E-state index in [4.69, 9.17) is 4.74 Å². The van der Waals surface area contributed by atoms with Gasteiger partial charge in [0, 0.05) is 7.05 Å². The summed E-state index contributed by atoms with van der Waals surface area (Å²) in [6.07, 6.45) is 1.28. The third-order valence-electron chi connectivity index (χ3n) is 2.13. The van der Waals surface area contributed by atoms with Crippen LogP contribution < -0.4 is 10.6 Å². The van der Waals surface area contributed by atoms with Crippen molar-refractivity contribution in [2.75, 3.05) is 24.5 Å². The van der Waals surface area contributed by atoms with Crippen LogP contribution in [-0.2, 0) is 4.74 Å². The third-order valence-corrected chi connectivity index (χ3v) is 3.16. The molecule has 1 aliphatic heterocycles. The Kier molecular flexibility index (Phi) is 2.86. The van der Waals surface area contributed by atoms with Gasteiger partial charge in [0.25, 0.3) is 5.56 Å². The fourth-order valence-electron chi connectivity index (χ4n) is 1.39. The maximum absolute atomic E-state index is 12.0. The number of hydrogen-bond acceptors (Lipinski definition) is 6. The zero-order valence-electron chi connectivity index (χ0n) is 8.97. The van der Waals surface area contributed by atoms with E-state index in [1.807, 2.05) is 0 Å². The highest BCUT2D eigenvalue weighted by Gasteiger charge is 2.23. The van der Waals surface area contributed by atoms with Crippen LogP contribution in [-0.4, -0.2) is 35.2 Å². The van der Waals surface area contributed by atoms with E-state index in [1.165, 1.54) is 22.6 Å². The number of thioether (sulfide) groups is 1. The number of rotatable bonds is 2. The lowest BCUT2D eigenvalue weighted by Gasteiger charge is -2.13. The molecule has 1 aromatic rings. The van der Waals surface area contributed by atoms with Gasteiger partial charge in [-0.1, -0.05) is 11.8 Å². The monoisotopic (exact) mass is 241 g/mol. The summed E-state index contributed by atoms with van der Waals surface area (Å²) in [5, 5.41) is 2.30. The summed E-state index contributed by atoms with van der Waals surface area (Å²) < 4.78 is 6.17. The molecule has 0 N–H and O–H groups in total. The number of fused-ring (bicyclic) bond motifs is 1. The van der Waals surface area contributed by atoms with E-state index in [2.05, 4.69) is 4.98 Å². The molecule has 7 heteroatoms. The first kappa shape index (κ1) is 11.0. The molecule has 0 atom stereocenters. The van der Waals surface area contributed by atoms with Gasteiger partial charge in [-0.05, 0) is 6.92 Å². The molecule has 2 rings (SSSR count). The molecule has 0 unspecified atom stereocenters. The minimum Gasteiger partial charge on any atom is -0.462 e. The van der Waals surface area contributed by atoms with Crippen molar-refractivity contribution in [3.8, 4) is 0 Å². The van der Waals surface area contributed by atoms with Crippen molar-refractivity contribution in [2.24, 2.45) is 0 Å². The van der Waals surface area contributed by atoms with Crippen molar-refractivity contribution in [3.05, 3.63) is 22.1 Å². The fourth-order valence-corrected chi connectivity index (χ4v) is 2.28. The molecule has 1 aliphatic rings. The molecule has 0 saturated heterocycles. The minimum atomic E-state index is -0.624. The Morgan fingerprint density at radius 3 is 3.12 bits per heavy atom. The van der Waals surface area contributed by atoms with E-state index in [0.717, 1.165) is 0 Å². The van der Waals surface area contributed by atoms with Crippen molar-refractivity contribution < 1.29 is 9.53 Å². The summed E-state index contributed by atoms with van der Waals surface area (Å²) in [6.45, 7) is 1.93. The average Bonchev–Trinajstić information content (AvgIpc) is 2.62. The Morgan fingerprint density at radius 2 is 2.44 bits per heavy atom. The molecule has 0 amide bonds. The van der Waals surface area contributed by atoms with Crippen LogP contribution in [0.5, 0.6) is 0 Å². The molecule has 0 spiro atoms. The summed E-state index contributed by atoms with van der Waals surface area (Å²) in [4.78, 5) is 27.5. The Labute approximate surface area is 96.2 Å². The van der Waals surface area contributed by atoms with Gasteiger partial charge in [-0.15, -0.1) is 0 Å². The molecular weight excluding hydrogens is 230 g/mol. The molecule has 1 aromatic heterocycles. The number of aromatic nitrogens is 2. The van der Waals surface area contributed by atoms with Gasteiger partial charge < -0.3 is 9.75 Å². The van der Waals surface area contributed by atoms with Gasteiger partial charge in [0.05, 0.1) is 18.7 Å². The van der Waals surface area contributed by atoms with E-state index in [1.54, 1.807) is 19.0 Å². The first-order valence-electron chi connectivity index (χ1n) is 4.78. The SMILES string of the molecule is CCOC(=O)c1cnc2n(c1=O)N(C)CS2. The van der Waals surface area contributed by atoms with Gasteiger partial charge in [0.15, 0.2) is 5.16 Å². The molecule has 16 heavy (non-hydrogen) atoms. The Hall–Kier alpha value is -1.50. The Bertz CT molecular complexity index is 485. The van der Waals surface area contributed by atoms with Crippen molar-refractivity contribution in [2.45, 2.75) is 12.1 Å². The van der Waals surface area contributed by atoms with E-state index >= 15 is 0 Å². The molecule has 86 valence electrons. The molecule has 0 bridgehead atoms. The van der Waals surface area contributed by atoms with Crippen LogP contribution >= 0.6 is 11.8 Å². The normalized spacial score (nSPS) is 13.8. The molecule has 2 heterocycles. The van der Waals surface area contributed by atoms with Gasteiger partial charge in [-0.2, -0.15) is 4.68 Å². The maximum atomic E-state index is 12.0. The van der Waals surface area contributed by atoms with E-state index in [9.17, 15) is 9.59 Å². The van der Waals surface area contributed by atoms with Crippen LogP contribution in [0.3, 0.4) is 0 Å². The van der Waals surface area contributed by atoms with E-state index in [-0.39, 0.29) is 17.7 Å². The second kappa shape index (κ2) is 4.17. The number of ether oxygens (including phenoxy) is 1. The number of nitrogens with zero attached hydrogens (tertiary/aromatic N) is 3. The second-order valence-electron chi connectivity index (χ2n) is 3.22. The predicted molar refractivity (Wildman–Crippen MR) is 59.3 cm³/mol. The van der Waals surface area contributed by atoms with E-state index < -0.39 is 5.97 Å². The van der Waals surface area contributed by atoms with Crippen molar-refractivity contribution in [3.63, 3.8) is 0 Å². The molecule has 6 nitrogen and oxygen atoms in total. The zero-order chi connectivity index (χ0) is 11.7. The lowest BCUT2D eigenvalue weighted by molar-refractivity contribution is 0.0522. The fraction of sp³-hybridized carbons (Fsp3) is 0.444. The lowest BCUT2D eigenvalue weighted by Crippen LogP contribution is -2.38. The van der Waals surface area contributed by atoms with Crippen LogP contribution in [0, 0.1) is 0 Å². The summed E-state index contributed by atoms with van der Waals surface area (Å²) in [5.74, 6) is 0.0229. The highest BCUT2D eigenvalue weighted by Crippen LogP contribution is 2.20. The zero-order valence-corrected chi connectivity index (χ0v) is 9.78. The maximum Gasteiger partial charge on any atom is 0.345 e. The Balaban J connectivity index is 2.47. The first-order chi connectivity index (χ1) is 7.65. The van der Waals surface area contributed by atoms with Crippen molar-refractivity contribution in [1.82, 2.24) is 9.66 Å². The number of carbonyl (C=O) groups is 1. The highest BCUT2D eigenvalue weighted by molar-refractivity contribution is 7.99. The lowest BCUT2D eigenvalue weighted by atomic mass is 10.3. The van der Waals surface area contributed by atoms with Gasteiger partial charge in [0.1, 0.15) is 5.56 Å². The van der Waals surface area contributed by atoms with E-state index in [0.29, 0.717) is 11.0 Å². The van der Waals surface area contributed by atoms with Crippen LogP contribution in [0.1, 0.15) is 17.3 Å². The molecule has 0 radical (unpaired) electrons. The summed E-state index contributed by atoms with van der Waals surface area (Å²) in [7, 11) is 1.77. The van der Waals surface area contributed by atoms with Crippen LogP contribution in [0.15, 0.2) is 16.1 Å². The standard InChI is InChI=1S/C9H11N3O3S/c1-3-15-8(14)6-4-10-9-12(7(6)13)11(2)5-16-9/h4H,3,5H2,1-2H3. The highest BCUT2D eigenvalue weighted by atomic mass is 32.2. The van der Waals surface area contributed by atoms with Crippen molar-refractivity contribution >= 4 is 17.7 Å². The minimum absolute atomic E-state index is 0.0278. The number of carbonyl (C=O) groups excluding carboxylic acids is 1.